The van der Waals surface area contributed by atoms with Crippen molar-refractivity contribution in [2.45, 2.75) is 13.8 Å². The summed E-state index contributed by atoms with van der Waals surface area (Å²) in [6.45, 7) is 3.71. The Morgan fingerprint density at radius 2 is 1.34 bits per heavy atom. The van der Waals surface area contributed by atoms with E-state index in [0.29, 0.717) is 10.5 Å². The smallest absolute Gasteiger partial charge is 0.282 e. The van der Waals surface area contributed by atoms with Crippen LogP contribution in [0.1, 0.15) is 16.7 Å². The van der Waals surface area contributed by atoms with Gasteiger partial charge in [-0.25, -0.2) is 22.5 Å². The summed E-state index contributed by atoms with van der Waals surface area (Å²) in [7, 11) is 0. The van der Waals surface area contributed by atoms with Crippen LogP contribution in [0.5, 0.6) is 0 Å². The SMILES string of the molecule is Cc1ccc(C2=C(Nc3ccc(F)c(F)c3)C(=O)N(c3ccc(F)c(F)c3)C2=O)cc1C. The summed E-state index contributed by atoms with van der Waals surface area (Å²) >= 11 is 0. The van der Waals surface area contributed by atoms with Gasteiger partial charge < -0.3 is 5.32 Å². The van der Waals surface area contributed by atoms with Crippen molar-refractivity contribution in [3.8, 4) is 0 Å². The van der Waals surface area contributed by atoms with E-state index in [4.69, 9.17) is 0 Å². The minimum Gasteiger partial charge on any atom is -0.350 e. The number of hydrogen-bond donors (Lipinski definition) is 1. The van der Waals surface area contributed by atoms with E-state index in [2.05, 4.69) is 5.32 Å². The molecule has 0 aliphatic carbocycles. The first-order valence-corrected chi connectivity index (χ1v) is 9.55. The lowest BCUT2D eigenvalue weighted by Gasteiger charge is -2.15. The number of benzene rings is 3. The molecule has 1 aliphatic rings. The third kappa shape index (κ3) is 3.64. The Bertz CT molecular complexity index is 1320. The van der Waals surface area contributed by atoms with Gasteiger partial charge in [-0.1, -0.05) is 18.2 Å². The van der Waals surface area contributed by atoms with Crippen LogP contribution in [-0.2, 0) is 9.59 Å². The molecule has 8 heteroatoms. The van der Waals surface area contributed by atoms with Gasteiger partial charge in [-0.2, -0.15) is 0 Å². The third-order valence-electron chi connectivity index (χ3n) is 5.23. The zero-order valence-electron chi connectivity index (χ0n) is 17.0. The second-order valence-corrected chi connectivity index (χ2v) is 7.35. The predicted octanol–water partition coefficient (Wildman–Crippen LogP) is 5.26. The maximum atomic E-state index is 13.8. The third-order valence-corrected chi connectivity index (χ3v) is 5.23. The lowest BCUT2D eigenvalue weighted by Crippen LogP contribution is -2.32. The summed E-state index contributed by atoms with van der Waals surface area (Å²) < 4.78 is 54.2. The van der Waals surface area contributed by atoms with E-state index >= 15 is 0 Å². The number of anilines is 2. The number of amides is 2. The molecule has 1 heterocycles. The first kappa shape index (κ1) is 21.3. The molecule has 0 radical (unpaired) electrons. The number of imide groups is 1. The van der Waals surface area contributed by atoms with Crippen LogP contribution in [0.25, 0.3) is 5.57 Å². The lowest BCUT2D eigenvalue weighted by molar-refractivity contribution is -0.120. The molecule has 0 unspecified atom stereocenters. The second-order valence-electron chi connectivity index (χ2n) is 7.35. The van der Waals surface area contributed by atoms with Gasteiger partial charge in [-0.05, 0) is 54.8 Å². The van der Waals surface area contributed by atoms with Crippen LogP contribution >= 0.6 is 0 Å². The largest absolute Gasteiger partial charge is 0.350 e. The van der Waals surface area contributed by atoms with E-state index in [9.17, 15) is 27.2 Å². The monoisotopic (exact) mass is 440 g/mol. The quantitative estimate of drug-likeness (QED) is 0.445. The molecule has 0 spiro atoms. The normalized spacial score (nSPS) is 13.9. The van der Waals surface area contributed by atoms with Crippen molar-refractivity contribution in [1.82, 2.24) is 0 Å². The number of carbonyl (C=O) groups is 2. The summed E-state index contributed by atoms with van der Waals surface area (Å²) in [5.41, 5.74) is 1.85. The first-order valence-electron chi connectivity index (χ1n) is 9.55. The molecule has 32 heavy (non-hydrogen) atoms. The number of carbonyl (C=O) groups excluding carboxylic acids is 2. The zero-order chi connectivity index (χ0) is 23.2. The molecule has 0 fully saturated rings. The van der Waals surface area contributed by atoms with Crippen molar-refractivity contribution in [3.05, 3.63) is 100 Å². The van der Waals surface area contributed by atoms with Crippen molar-refractivity contribution in [1.29, 1.82) is 0 Å². The van der Waals surface area contributed by atoms with Crippen molar-refractivity contribution < 1.29 is 27.2 Å². The molecule has 1 N–H and O–H groups in total. The minimum absolute atomic E-state index is 0.0347. The summed E-state index contributed by atoms with van der Waals surface area (Å²) in [6.07, 6.45) is 0. The van der Waals surface area contributed by atoms with Crippen molar-refractivity contribution in [2.75, 3.05) is 10.2 Å². The number of hydrogen-bond acceptors (Lipinski definition) is 3. The molecular formula is C24H16F4N2O2. The van der Waals surface area contributed by atoms with Gasteiger partial charge >= 0.3 is 0 Å². The predicted molar refractivity (Wildman–Crippen MR) is 112 cm³/mol. The molecular weight excluding hydrogens is 424 g/mol. The number of rotatable bonds is 4. The van der Waals surface area contributed by atoms with E-state index < -0.39 is 35.1 Å². The maximum absolute atomic E-state index is 13.8. The Labute approximate surface area is 180 Å². The number of aryl methyl sites for hydroxylation is 2. The van der Waals surface area contributed by atoms with Crippen LogP contribution in [0, 0.1) is 37.1 Å². The van der Waals surface area contributed by atoms with Gasteiger partial charge in [0, 0.05) is 17.8 Å². The van der Waals surface area contributed by atoms with Crippen molar-refractivity contribution in [2.24, 2.45) is 0 Å². The minimum atomic E-state index is -1.22. The maximum Gasteiger partial charge on any atom is 0.282 e. The molecule has 0 aromatic heterocycles. The van der Waals surface area contributed by atoms with E-state index in [-0.39, 0.29) is 22.6 Å². The Morgan fingerprint density at radius 3 is 1.97 bits per heavy atom. The first-order chi connectivity index (χ1) is 15.2. The van der Waals surface area contributed by atoms with Gasteiger partial charge in [-0.15, -0.1) is 0 Å². The Hall–Kier alpha value is -3.94. The fourth-order valence-electron chi connectivity index (χ4n) is 3.39. The average molecular weight is 440 g/mol. The van der Waals surface area contributed by atoms with Gasteiger partial charge in [0.05, 0.1) is 11.3 Å². The van der Waals surface area contributed by atoms with E-state index in [1.54, 1.807) is 18.2 Å². The highest BCUT2D eigenvalue weighted by atomic mass is 19.2. The molecule has 3 aromatic carbocycles. The lowest BCUT2D eigenvalue weighted by atomic mass is 9.99. The fourth-order valence-corrected chi connectivity index (χ4v) is 3.39. The fraction of sp³-hybridized carbons (Fsp3) is 0.0833. The Morgan fingerprint density at radius 1 is 0.688 bits per heavy atom. The Balaban J connectivity index is 1.85. The van der Waals surface area contributed by atoms with Crippen molar-refractivity contribution >= 4 is 28.8 Å². The van der Waals surface area contributed by atoms with E-state index in [1.807, 2.05) is 13.8 Å². The molecule has 3 aromatic rings. The highest BCUT2D eigenvalue weighted by Gasteiger charge is 2.40. The van der Waals surface area contributed by atoms with Crippen LogP contribution < -0.4 is 10.2 Å². The van der Waals surface area contributed by atoms with E-state index in [1.165, 1.54) is 6.07 Å². The summed E-state index contributed by atoms with van der Waals surface area (Å²) in [5.74, 6) is -6.19. The molecule has 2 amide bonds. The molecule has 0 bridgehead atoms. The summed E-state index contributed by atoms with van der Waals surface area (Å²) in [6, 6.07) is 10.7. The molecule has 1 aliphatic heterocycles. The van der Waals surface area contributed by atoms with Crippen LogP contribution in [-0.4, -0.2) is 11.8 Å². The zero-order valence-corrected chi connectivity index (χ0v) is 17.0. The summed E-state index contributed by atoms with van der Waals surface area (Å²) in [5, 5.41) is 2.69. The highest BCUT2D eigenvalue weighted by molar-refractivity contribution is 6.46. The van der Waals surface area contributed by atoms with Crippen molar-refractivity contribution in [3.63, 3.8) is 0 Å². The second kappa shape index (κ2) is 7.96. The number of nitrogens with zero attached hydrogens (tertiary/aromatic N) is 1. The van der Waals surface area contributed by atoms with Gasteiger partial charge in [0.2, 0.25) is 0 Å². The van der Waals surface area contributed by atoms with Gasteiger partial charge in [0.25, 0.3) is 11.8 Å². The van der Waals surface area contributed by atoms with Crippen LogP contribution in [0.2, 0.25) is 0 Å². The highest BCUT2D eigenvalue weighted by Crippen LogP contribution is 2.35. The van der Waals surface area contributed by atoms with E-state index in [0.717, 1.165) is 41.5 Å². The van der Waals surface area contributed by atoms with Gasteiger partial charge in [-0.3, -0.25) is 9.59 Å². The molecule has 0 saturated heterocycles. The van der Waals surface area contributed by atoms with Crippen LogP contribution in [0.15, 0.2) is 60.3 Å². The number of halogens is 4. The van der Waals surface area contributed by atoms with Gasteiger partial charge in [0.15, 0.2) is 23.3 Å². The topological polar surface area (TPSA) is 49.4 Å². The van der Waals surface area contributed by atoms with Gasteiger partial charge in [0.1, 0.15) is 5.70 Å². The summed E-state index contributed by atoms with van der Waals surface area (Å²) in [4.78, 5) is 27.2. The molecule has 162 valence electrons. The molecule has 0 atom stereocenters. The average Bonchev–Trinajstić information content (AvgIpc) is 2.99. The number of nitrogens with one attached hydrogen (secondary N) is 1. The molecule has 4 nitrogen and oxygen atoms in total. The van der Waals surface area contributed by atoms with Crippen LogP contribution in [0.4, 0.5) is 28.9 Å². The Kier molecular flexibility index (Phi) is 5.30. The standard InChI is InChI=1S/C24H16F4N2O2/c1-12-3-4-14(9-13(12)2)21-22(29-15-5-7-17(25)19(27)10-15)24(32)30(23(21)31)16-6-8-18(26)20(28)11-16/h3-11,29H,1-2H3. The molecule has 4 rings (SSSR count). The van der Waals surface area contributed by atoms with Crippen LogP contribution in [0.3, 0.4) is 0 Å². The molecule has 0 saturated carbocycles.